The molecule has 1 saturated heterocycles. The molecule has 0 radical (unpaired) electrons. The Kier molecular flexibility index (Phi) is 7.81. The highest BCUT2D eigenvalue weighted by Crippen LogP contribution is 2.34. The van der Waals surface area contributed by atoms with E-state index in [0.29, 0.717) is 64.9 Å². The zero-order chi connectivity index (χ0) is 26.3. The minimum absolute atomic E-state index is 0.353. The van der Waals surface area contributed by atoms with E-state index in [4.69, 9.17) is 9.47 Å². The number of anilines is 3. The number of nitrogens with zero attached hydrogens (tertiary/aromatic N) is 4. The fourth-order valence-corrected chi connectivity index (χ4v) is 4.16. The predicted octanol–water partition coefficient (Wildman–Crippen LogP) is 4.41. The first kappa shape index (κ1) is 25.2. The molecule has 1 aliphatic heterocycles. The van der Waals surface area contributed by atoms with Crippen molar-refractivity contribution in [2.24, 2.45) is 0 Å². The average molecular weight is 515 g/mol. The molecule has 0 bridgehead atoms. The summed E-state index contributed by atoms with van der Waals surface area (Å²) in [5.74, 6) is 0.289. The zero-order valence-corrected chi connectivity index (χ0v) is 20.7. The van der Waals surface area contributed by atoms with Gasteiger partial charge in [-0.1, -0.05) is 18.7 Å². The van der Waals surface area contributed by atoms with Crippen molar-refractivity contribution in [3.05, 3.63) is 79.5 Å². The van der Waals surface area contributed by atoms with Gasteiger partial charge in [0, 0.05) is 48.5 Å². The number of pyridine rings is 1. The molecule has 9 nitrogen and oxygen atoms in total. The van der Waals surface area contributed by atoms with Crippen LogP contribution in [0.1, 0.15) is 0 Å². The lowest BCUT2D eigenvalue weighted by molar-refractivity contribution is -0.111. The molecule has 38 heavy (non-hydrogen) atoms. The molecule has 5 rings (SSSR count). The first-order chi connectivity index (χ1) is 18.6. The van der Waals surface area contributed by atoms with Crippen LogP contribution in [0.5, 0.6) is 5.75 Å². The molecule has 10 heteroatoms. The van der Waals surface area contributed by atoms with Gasteiger partial charge in [0.1, 0.15) is 30.3 Å². The summed E-state index contributed by atoms with van der Waals surface area (Å²) in [5, 5.41) is 6.75. The summed E-state index contributed by atoms with van der Waals surface area (Å²) < 4.78 is 25.8. The summed E-state index contributed by atoms with van der Waals surface area (Å²) in [5.41, 5.74) is 2.66. The lowest BCUT2D eigenvalue weighted by Crippen LogP contribution is -2.38. The number of fused-ring (bicyclic) bond motifs is 1. The van der Waals surface area contributed by atoms with E-state index >= 15 is 0 Å². The zero-order valence-electron chi connectivity index (χ0n) is 20.7. The largest absolute Gasteiger partial charge is 0.490 e. The molecule has 0 unspecified atom stereocenters. The lowest BCUT2D eigenvalue weighted by atomic mass is 10.1. The lowest BCUT2D eigenvalue weighted by Gasteiger charge is -2.26. The van der Waals surface area contributed by atoms with Gasteiger partial charge in [0.25, 0.3) is 0 Å². The van der Waals surface area contributed by atoms with Gasteiger partial charge in [0.2, 0.25) is 5.91 Å². The highest BCUT2D eigenvalue weighted by atomic mass is 19.1. The second-order valence-electron chi connectivity index (χ2n) is 8.62. The maximum absolute atomic E-state index is 14.3. The standard InChI is InChI=1S/C28H27FN6O3/c1-2-27(36)34-25-16-21-24(17-26(25)38-14-11-35-9-12-37-13-10-35)31-18-32-28(21)33-19-7-8-30-23(15-19)20-5-3-4-6-22(20)29/h2-8,15-18H,1,9-14H2,(H,34,36)(H,30,31,32,33). The third-order valence-electron chi connectivity index (χ3n) is 6.12. The van der Waals surface area contributed by atoms with Crippen LogP contribution >= 0.6 is 0 Å². The Morgan fingerprint density at radius 3 is 2.79 bits per heavy atom. The molecule has 2 N–H and O–H groups in total. The van der Waals surface area contributed by atoms with Crippen molar-refractivity contribution < 1.29 is 18.7 Å². The van der Waals surface area contributed by atoms with Gasteiger partial charge in [0.15, 0.2) is 0 Å². The minimum Gasteiger partial charge on any atom is -0.490 e. The molecule has 1 amide bonds. The van der Waals surface area contributed by atoms with Crippen molar-refractivity contribution in [3.8, 4) is 17.0 Å². The summed E-state index contributed by atoms with van der Waals surface area (Å²) in [4.78, 5) is 27.6. The number of carbonyl (C=O) groups is 1. The number of morpholine rings is 1. The maximum Gasteiger partial charge on any atom is 0.247 e. The molecule has 4 aromatic rings. The number of nitrogens with one attached hydrogen (secondary N) is 2. The Morgan fingerprint density at radius 1 is 1.13 bits per heavy atom. The normalized spacial score (nSPS) is 13.7. The second-order valence-corrected chi connectivity index (χ2v) is 8.62. The van der Waals surface area contributed by atoms with Gasteiger partial charge >= 0.3 is 0 Å². The van der Waals surface area contributed by atoms with Crippen LogP contribution in [0, 0.1) is 5.82 Å². The average Bonchev–Trinajstić information content (AvgIpc) is 2.94. The van der Waals surface area contributed by atoms with Crippen LogP contribution in [0.25, 0.3) is 22.2 Å². The Hall–Kier alpha value is -4.41. The highest BCUT2D eigenvalue weighted by Gasteiger charge is 2.15. The fraction of sp³-hybridized carbons (Fsp3) is 0.214. The van der Waals surface area contributed by atoms with Crippen molar-refractivity contribution in [3.63, 3.8) is 0 Å². The van der Waals surface area contributed by atoms with Crippen LogP contribution in [0.4, 0.5) is 21.6 Å². The van der Waals surface area contributed by atoms with Gasteiger partial charge in [-0.25, -0.2) is 14.4 Å². The molecule has 1 fully saturated rings. The molecule has 2 aromatic heterocycles. The molecule has 0 spiro atoms. The number of hydrogen-bond donors (Lipinski definition) is 2. The molecule has 2 aromatic carbocycles. The number of benzene rings is 2. The third-order valence-corrected chi connectivity index (χ3v) is 6.12. The number of amides is 1. The van der Waals surface area contributed by atoms with E-state index < -0.39 is 0 Å². The van der Waals surface area contributed by atoms with Crippen LogP contribution in [0.3, 0.4) is 0 Å². The number of ether oxygens (including phenoxy) is 2. The first-order valence-electron chi connectivity index (χ1n) is 12.2. The number of rotatable bonds is 9. The number of halogens is 1. The van der Waals surface area contributed by atoms with Gasteiger partial charge in [-0.2, -0.15) is 0 Å². The summed E-state index contributed by atoms with van der Waals surface area (Å²) in [6, 6.07) is 13.5. The van der Waals surface area contributed by atoms with Crippen LogP contribution in [0.15, 0.2) is 73.7 Å². The quantitative estimate of drug-likeness (QED) is 0.317. The third kappa shape index (κ3) is 5.93. The monoisotopic (exact) mass is 514 g/mol. The van der Waals surface area contributed by atoms with Gasteiger partial charge in [-0.15, -0.1) is 0 Å². The molecule has 194 valence electrons. The van der Waals surface area contributed by atoms with Crippen LogP contribution in [0.2, 0.25) is 0 Å². The smallest absolute Gasteiger partial charge is 0.247 e. The number of hydrogen-bond acceptors (Lipinski definition) is 8. The predicted molar refractivity (Wildman–Crippen MR) is 144 cm³/mol. The molecular weight excluding hydrogens is 487 g/mol. The van der Waals surface area contributed by atoms with Gasteiger partial charge in [-0.05, 0) is 36.4 Å². The molecule has 0 aliphatic carbocycles. The molecule has 0 saturated carbocycles. The van der Waals surface area contributed by atoms with Crippen molar-refractivity contribution in [2.75, 3.05) is 50.1 Å². The van der Waals surface area contributed by atoms with Crippen molar-refractivity contribution in [1.82, 2.24) is 19.9 Å². The fourth-order valence-electron chi connectivity index (χ4n) is 4.16. The van der Waals surface area contributed by atoms with Gasteiger partial charge in [0.05, 0.1) is 30.1 Å². The minimum atomic E-state index is -0.364. The molecular formula is C28H27FN6O3. The summed E-state index contributed by atoms with van der Waals surface area (Å²) in [7, 11) is 0. The van der Waals surface area contributed by atoms with E-state index in [1.165, 1.54) is 18.5 Å². The molecule has 1 aliphatic rings. The van der Waals surface area contributed by atoms with Crippen molar-refractivity contribution in [1.29, 1.82) is 0 Å². The number of carbonyl (C=O) groups excluding carboxylic acids is 1. The van der Waals surface area contributed by atoms with E-state index in [2.05, 4.69) is 37.1 Å². The molecule has 0 atom stereocenters. The highest BCUT2D eigenvalue weighted by molar-refractivity contribution is 6.03. The first-order valence-corrected chi connectivity index (χ1v) is 12.2. The van der Waals surface area contributed by atoms with Gasteiger partial charge < -0.3 is 20.1 Å². The van der Waals surface area contributed by atoms with Crippen LogP contribution in [-0.4, -0.2) is 65.2 Å². The Bertz CT molecular complexity index is 1460. The van der Waals surface area contributed by atoms with E-state index in [0.717, 1.165) is 19.6 Å². The molecule has 3 heterocycles. The maximum atomic E-state index is 14.3. The van der Waals surface area contributed by atoms with Crippen molar-refractivity contribution >= 4 is 34.0 Å². The summed E-state index contributed by atoms with van der Waals surface area (Å²) >= 11 is 0. The summed E-state index contributed by atoms with van der Waals surface area (Å²) in [6.45, 7) is 7.86. The Balaban J connectivity index is 1.43. The number of aromatic nitrogens is 3. The van der Waals surface area contributed by atoms with Crippen molar-refractivity contribution in [2.45, 2.75) is 0 Å². The Morgan fingerprint density at radius 2 is 1.97 bits per heavy atom. The van der Waals surface area contributed by atoms with E-state index in [1.807, 2.05) is 0 Å². The second kappa shape index (κ2) is 11.8. The van der Waals surface area contributed by atoms with E-state index in [1.54, 1.807) is 48.7 Å². The topological polar surface area (TPSA) is 102 Å². The van der Waals surface area contributed by atoms with E-state index in [-0.39, 0.29) is 11.7 Å². The van der Waals surface area contributed by atoms with Crippen LogP contribution in [-0.2, 0) is 9.53 Å². The van der Waals surface area contributed by atoms with Crippen LogP contribution < -0.4 is 15.4 Å². The van der Waals surface area contributed by atoms with E-state index in [9.17, 15) is 9.18 Å². The summed E-state index contributed by atoms with van der Waals surface area (Å²) in [6.07, 6.45) is 4.25. The SMILES string of the molecule is C=CC(=O)Nc1cc2c(Nc3ccnc(-c4ccccc4F)c3)ncnc2cc1OCCN1CCOCC1. The Labute approximate surface area is 219 Å². The van der Waals surface area contributed by atoms with Gasteiger partial charge in [-0.3, -0.25) is 14.7 Å².